The van der Waals surface area contributed by atoms with E-state index in [9.17, 15) is 4.79 Å². The Hall–Kier alpha value is -2.30. The Kier molecular flexibility index (Phi) is 3.85. The first-order valence-corrected chi connectivity index (χ1v) is 6.02. The molecule has 0 aliphatic carbocycles. The minimum atomic E-state index is -0.385. The maximum atomic E-state index is 11.9. The van der Waals surface area contributed by atoms with Gasteiger partial charge in [-0.3, -0.25) is 4.98 Å². The lowest BCUT2D eigenvalue weighted by molar-refractivity contribution is 0.0527. The molecule has 0 radical (unpaired) electrons. The summed E-state index contributed by atoms with van der Waals surface area (Å²) in [5.74, 6) is 0.330. The number of hydrogen-bond donors (Lipinski definition) is 1. The van der Waals surface area contributed by atoms with Gasteiger partial charge in [0, 0.05) is 18.6 Å². The number of carbonyl (C=O) groups excluding carboxylic acids is 1. The molecule has 100 valence electrons. The maximum Gasteiger partial charge on any atom is 0.341 e. The summed E-state index contributed by atoms with van der Waals surface area (Å²) in [7, 11) is 3.36. The number of aromatic nitrogens is 1. The summed E-state index contributed by atoms with van der Waals surface area (Å²) in [6.45, 7) is 2.10. The van der Waals surface area contributed by atoms with Crippen LogP contribution < -0.4 is 10.1 Å². The highest BCUT2D eigenvalue weighted by Gasteiger charge is 2.15. The van der Waals surface area contributed by atoms with Crippen LogP contribution in [0.25, 0.3) is 10.9 Å². The normalized spacial score (nSPS) is 10.3. The summed E-state index contributed by atoms with van der Waals surface area (Å²) in [5.41, 5.74) is 1.91. The molecule has 2 aromatic rings. The van der Waals surface area contributed by atoms with Gasteiger partial charge >= 0.3 is 5.97 Å². The number of esters is 1. The number of fused-ring (bicyclic) bond motifs is 1. The van der Waals surface area contributed by atoms with Crippen LogP contribution in [0.3, 0.4) is 0 Å². The van der Waals surface area contributed by atoms with Crippen LogP contribution >= 0.6 is 0 Å². The second-order valence-electron chi connectivity index (χ2n) is 3.90. The minimum absolute atomic E-state index is 0.331. The molecule has 1 aromatic heterocycles. The largest absolute Gasteiger partial charge is 0.497 e. The van der Waals surface area contributed by atoms with E-state index in [1.807, 2.05) is 18.2 Å². The highest BCUT2D eigenvalue weighted by Crippen LogP contribution is 2.29. The quantitative estimate of drug-likeness (QED) is 0.856. The van der Waals surface area contributed by atoms with Crippen LogP contribution in [0.15, 0.2) is 24.4 Å². The molecule has 5 nitrogen and oxygen atoms in total. The Morgan fingerprint density at radius 3 is 2.84 bits per heavy atom. The molecule has 1 aromatic carbocycles. The number of benzene rings is 1. The zero-order valence-electron chi connectivity index (χ0n) is 11.2. The van der Waals surface area contributed by atoms with E-state index in [2.05, 4.69) is 10.3 Å². The Labute approximate surface area is 111 Å². The topological polar surface area (TPSA) is 60.5 Å². The fourth-order valence-corrected chi connectivity index (χ4v) is 1.93. The second-order valence-corrected chi connectivity index (χ2v) is 3.90. The van der Waals surface area contributed by atoms with Gasteiger partial charge < -0.3 is 14.8 Å². The van der Waals surface area contributed by atoms with Crippen LogP contribution in [-0.2, 0) is 4.74 Å². The van der Waals surface area contributed by atoms with Crippen molar-refractivity contribution >= 4 is 22.6 Å². The first-order chi connectivity index (χ1) is 9.21. The minimum Gasteiger partial charge on any atom is -0.497 e. The third kappa shape index (κ3) is 2.45. The molecule has 0 spiro atoms. The van der Waals surface area contributed by atoms with Gasteiger partial charge in [0.2, 0.25) is 0 Å². The lowest BCUT2D eigenvalue weighted by atomic mass is 10.1. The van der Waals surface area contributed by atoms with Gasteiger partial charge in [-0.05, 0) is 25.1 Å². The Balaban J connectivity index is 2.63. The molecule has 0 bridgehead atoms. The average Bonchev–Trinajstić information content (AvgIpc) is 2.45. The monoisotopic (exact) mass is 260 g/mol. The molecular formula is C14H16N2O3. The standard InChI is InChI=1S/C14H16N2O3/c1-4-19-14(17)11-8-16-12-6-5-9(18-3)7-10(12)13(11)15-2/h5-8H,4H2,1-3H3,(H,15,16). The predicted molar refractivity (Wildman–Crippen MR) is 73.8 cm³/mol. The molecule has 0 aliphatic heterocycles. The number of nitrogens with one attached hydrogen (secondary N) is 1. The van der Waals surface area contributed by atoms with E-state index >= 15 is 0 Å². The van der Waals surface area contributed by atoms with Crippen molar-refractivity contribution in [3.8, 4) is 5.75 Å². The Bertz CT molecular complexity index is 611. The molecule has 0 unspecified atom stereocenters. The van der Waals surface area contributed by atoms with E-state index in [1.54, 1.807) is 21.1 Å². The molecule has 0 aliphatic rings. The first kappa shape index (κ1) is 13.1. The number of nitrogens with zero attached hydrogens (tertiary/aromatic N) is 1. The van der Waals surface area contributed by atoms with E-state index in [0.717, 1.165) is 10.9 Å². The highest BCUT2D eigenvalue weighted by atomic mass is 16.5. The molecule has 0 atom stereocenters. The summed E-state index contributed by atoms with van der Waals surface area (Å²) in [5, 5.41) is 3.86. The lowest BCUT2D eigenvalue weighted by Gasteiger charge is -2.12. The van der Waals surface area contributed by atoms with Gasteiger partial charge in [0.15, 0.2) is 0 Å². The zero-order valence-corrected chi connectivity index (χ0v) is 11.2. The van der Waals surface area contributed by atoms with Crippen LogP contribution in [0.2, 0.25) is 0 Å². The molecular weight excluding hydrogens is 244 g/mol. The lowest BCUT2D eigenvalue weighted by Crippen LogP contribution is -2.09. The van der Waals surface area contributed by atoms with E-state index in [-0.39, 0.29) is 5.97 Å². The molecule has 0 amide bonds. The number of pyridine rings is 1. The van der Waals surface area contributed by atoms with Gasteiger partial charge in [-0.1, -0.05) is 0 Å². The molecule has 1 heterocycles. The second kappa shape index (κ2) is 5.56. The molecule has 0 saturated heterocycles. The van der Waals surface area contributed by atoms with E-state index in [0.29, 0.717) is 23.6 Å². The van der Waals surface area contributed by atoms with Gasteiger partial charge in [-0.25, -0.2) is 4.79 Å². The predicted octanol–water partition coefficient (Wildman–Crippen LogP) is 2.46. The fraction of sp³-hybridized carbons (Fsp3) is 0.286. The number of carbonyl (C=O) groups is 1. The third-order valence-electron chi connectivity index (χ3n) is 2.82. The number of ether oxygens (including phenoxy) is 2. The van der Waals surface area contributed by atoms with Crippen LogP contribution in [0.1, 0.15) is 17.3 Å². The van der Waals surface area contributed by atoms with Crippen molar-refractivity contribution in [2.75, 3.05) is 26.1 Å². The summed E-state index contributed by atoms with van der Waals surface area (Å²) in [6.07, 6.45) is 1.53. The van der Waals surface area contributed by atoms with Gasteiger partial charge in [0.1, 0.15) is 11.3 Å². The molecule has 0 saturated carbocycles. The van der Waals surface area contributed by atoms with Gasteiger partial charge in [0.05, 0.1) is 24.9 Å². The summed E-state index contributed by atoms with van der Waals surface area (Å²) < 4.78 is 10.2. The van der Waals surface area contributed by atoms with Crippen molar-refractivity contribution in [1.82, 2.24) is 4.98 Å². The summed E-state index contributed by atoms with van der Waals surface area (Å²) >= 11 is 0. The van der Waals surface area contributed by atoms with Crippen LogP contribution in [0.5, 0.6) is 5.75 Å². The van der Waals surface area contributed by atoms with Gasteiger partial charge in [0.25, 0.3) is 0 Å². The van der Waals surface area contributed by atoms with E-state index < -0.39 is 0 Å². The zero-order chi connectivity index (χ0) is 13.8. The van der Waals surface area contributed by atoms with Crippen molar-refractivity contribution in [3.63, 3.8) is 0 Å². The third-order valence-corrected chi connectivity index (χ3v) is 2.82. The maximum absolute atomic E-state index is 11.9. The summed E-state index contributed by atoms with van der Waals surface area (Å²) in [6, 6.07) is 5.53. The molecule has 0 fully saturated rings. The number of rotatable bonds is 4. The van der Waals surface area contributed by atoms with Crippen LogP contribution in [0, 0.1) is 0 Å². The molecule has 1 N–H and O–H groups in total. The number of methoxy groups -OCH3 is 1. The first-order valence-electron chi connectivity index (χ1n) is 6.02. The van der Waals surface area contributed by atoms with E-state index in [4.69, 9.17) is 9.47 Å². The number of hydrogen-bond acceptors (Lipinski definition) is 5. The molecule has 5 heteroatoms. The molecule has 19 heavy (non-hydrogen) atoms. The van der Waals surface area contributed by atoms with E-state index in [1.165, 1.54) is 6.20 Å². The van der Waals surface area contributed by atoms with Gasteiger partial charge in [-0.15, -0.1) is 0 Å². The Morgan fingerprint density at radius 1 is 1.42 bits per heavy atom. The SMILES string of the molecule is CCOC(=O)c1cnc2ccc(OC)cc2c1NC. The fourth-order valence-electron chi connectivity index (χ4n) is 1.93. The average molecular weight is 260 g/mol. The van der Waals surface area contributed by atoms with Crippen LogP contribution in [0.4, 0.5) is 5.69 Å². The van der Waals surface area contributed by atoms with Gasteiger partial charge in [-0.2, -0.15) is 0 Å². The van der Waals surface area contributed by atoms with Crippen molar-refractivity contribution < 1.29 is 14.3 Å². The Morgan fingerprint density at radius 2 is 2.21 bits per heavy atom. The van der Waals surface area contributed by atoms with Crippen molar-refractivity contribution in [2.45, 2.75) is 6.92 Å². The van der Waals surface area contributed by atoms with Crippen molar-refractivity contribution in [1.29, 1.82) is 0 Å². The van der Waals surface area contributed by atoms with Crippen molar-refractivity contribution in [3.05, 3.63) is 30.0 Å². The van der Waals surface area contributed by atoms with Crippen molar-refractivity contribution in [2.24, 2.45) is 0 Å². The molecule has 2 rings (SSSR count). The number of anilines is 1. The summed E-state index contributed by atoms with van der Waals surface area (Å²) in [4.78, 5) is 16.2. The smallest absolute Gasteiger partial charge is 0.341 e. The highest BCUT2D eigenvalue weighted by molar-refractivity contribution is 6.05. The van der Waals surface area contributed by atoms with Crippen LogP contribution in [-0.4, -0.2) is 31.7 Å².